The van der Waals surface area contributed by atoms with Crippen molar-refractivity contribution in [2.24, 2.45) is 17.6 Å². The highest BCUT2D eigenvalue weighted by molar-refractivity contribution is 9.10. The van der Waals surface area contributed by atoms with Crippen LogP contribution >= 0.6 is 15.9 Å². The van der Waals surface area contributed by atoms with Gasteiger partial charge in [-0.15, -0.1) is 0 Å². The molecule has 7 heteroatoms. The molecule has 2 heterocycles. The van der Waals surface area contributed by atoms with E-state index < -0.39 is 0 Å². The highest BCUT2D eigenvalue weighted by Gasteiger charge is 2.33. The first-order valence-corrected chi connectivity index (χ1v) is 9.88. The molecule has 2 N–H and O–H groups in total. The summed E-state index contributed by atoms with van der Waals surface area (Å²) < 4.78 is 0.943. The van der Waals surface area contributed by atoms with Crippen LogP contribution in [0.3, 0.4) is 0 Å². The maximum atomic E-state index is 12.7. The van der Waals surface area contributed by atoms with E-state index >= 15 is 0 Å². The summed E-state index contributed by atoms with van der Waals surface area (Å²) in [5, 5.41) is 0. The molecule has 2 fully saturated rings. The molecule has 0 aromatic heterocycles. The molecule has 6 nitrogen and oxygen atoms in total. The average Bonchev–Trinajstić information content (AvgIpc) is 2.67. The van der Waals surface area contributed by atoms with Crippen molar-refractivity contribution >= 4 is 33.7 Å². The minimum Gasteiger partial charge on any atom is -0.369 e. The van der Waals surface area contributed by atoms with Crippen LogP contribution in [0.5, 0.6) is 0 Å². The molecule has 0 spiro atoms. The van der Waals surface area contributed by atoms with Gasteiger partial charge in [-0.2, -0.15) is 0 Å². The zero-order valence-electron chi connectivity index (χ0n) is 14.7. The quantitative estimate of drug-likeness (QED) is 0.809. The number of nitrogens with zero attached hydrogens (tertiary/aromatic N) is 2. The maximum Gasteiger partial charge on any atom is 0.253 e. The number of likely N-dealkylation sites (tertiary alicyclic amines) is 2. The second-order valence-corrected chi connectivity index (χ2v) is 7.99. The fraction of sp³-hybridized carbons (Fsp3) is 0.526. The van der Waals surface area contributed by atoms with Crippen molar-refractivity contribution in [3.8, 4) is 0 Å². The van der Waals surface area contributed by atoms with Crippen LogP contribution in [0.15, 0.2) is 28.7 Å². The van der Waals surface area contributed by atoms with Crippen LogP contribution in [0.25, 0.3) is 0 Å². The van der Waals surface area contributed by atoms with Crippen LogP contribution in [-0.2, 0) is 9.59 Å². The molecule has 1 aromatic carbocycles. The number of rotatable bonds is 3. The summed E-state index contributed by atoms with van der Waals surface area (Å²) in [5.41, 5.74) is 6.02. The summed E-state index contributed by atoms with van der Waals surface area (Å²) in [5.74, 6) is -0.232. The number of amides is 3. The smallest absolute Gasteiger partial charge is 0.253 e. The molecule has 3 amide bonds. The Balaban J connectivity index is 1.50. The summed E-state index contributed by atoms with van der Waals surface area (Å²) in [6.45, 7) is 2.40. The van der Waals surface area contributed by atoms with Crippen LogP contribution in [0.2, 0.25) is 0 Å². The Bertz CT molecular complexity index is 676. The Kier molecular flexibility index (Phi) is 5.96. The van der Waals surface area contributed by atoms with Gasteiger partial charge < -0.3 is 15.5 Å². The molecule has 26 heavy (non-hydrogen) atoms. The zero-order valence-corrected chi connectivity index (χ0v) is 16.3. The van der Waals surface area contributed by atoms with Crippen molar-refractivity contribution in [3.63, 3.8) is 0 Å². The van der Waals surface area contributed by atoms with Crippen molar-refractivity contribution in [1.29, 1.82) is 0 Å². The molecular formula is C19H24BrN3O3. The van der Waals surface area contributed by atoms with Crippen molar-refractivity contribution < 1.29 is 14.4 Å². The number of nitrogens with two attached hydrogens (primary N) is 1. The molecule has 0 saturated carbocycles. The van der Waals surface area contributed by atoms with Gasteiger partial charge in [-0.3, -0.25) is 14.4 Å². The fourth-order valence-electron chi connectivity index (χ4n) is 3.75. The predicted molar refractivity (Wildman–Crippen MR) is 101 cm³/mol. The molecule has 0 unspecified atom stereocenters. The second kappa shape index (κ2) is 8.20. The molecule has 0 radical (unpaired) electrons. The number of hydrogen-bond donors (Lipinski definition) is 1. The Hall–Kier alpha value is -1.89. The van der Waals surface area contributed by atoms with Gasteiger partial charge in [0.05, 0.1) is 0 Å². The lowest BCUT2D eigenvalue weighted by molar-refractivity contribution is -0.139. The van der Waals surface area contributed by atoms with E-state index in [2.05, 4.69) is 15.9 Å². The van der Waals surface area contributed by atoms with Crippen molar-refractivity contribution in [1.82, 2.24) is 9.80 Å². The van der Waals surface area contributed by atoms with Gasteiger partial charge in [0.2, 0.25) is 11.8 Å². The van der Waals surface area contributed by atoms with E-state index in [1.54, 1.807) is 0 Å². The van der Waals surface area contributed by atoms with Gasteiger partial charge in [0.1, 0.15) is 0 Å². The number of piperidine rings is 2. The minimum absolute atomic E-state index is 0.0191. The van der Waals surface area contributed by atoms with Gasteiger partial charge in [-0.25, -0.2) is 0 Å². The topological polar surface area (TPSA) is 83.7 Å². The molecule has 0 atom stereocenters. The van der Waals surface area contributed by atoms with Crippen molar-refractivity contribution in [2.45, 2.75) is 25.7 Å². The third kappa shape index (κ3) is 4.26. The van der Waals surface area contributed by atoms with Crippen molar-refractivity contribution in [2.75, 3.05) is 26.2 Å². The lowest BCUT2D eigenvalue weighted by atomic mass is 9.91. The van der Waals surface area contributed by atoms with Gasteiger partial charge in [0.15, 0.2) is 0 Å². The van der Waals surface area contributed by atoms with E-state index in [-0.39, 0.29) is 29.6 Å². The third-order valence-corrected chi connectivity index (χ3v) is 5.96. The maximum absolute atomic E-state index is 12.7. The summed E-state index contributed by atoms with van der Waals surface area (Å²) in [4.78, 5) is 40.2. The molecule has 2 saturated heterocycles. The van der Waals surface area contributed by atoms with Gasteiger partial charge in [0, 0.05) is 48.1 Å². The van der Waals surface area contributed by atoms with Gasteiger partial charge >= 0.3 is 0 Å². The Morgan fingerprint density at radius 2 is 1.35 bits per heavy atom. The molecule has 1 aromatic rings. The normalized spacial score (nSPS) is 19.4. The fourth-order valence-corrected chi connectivity index (χ4v) is 4.01. The van der Waals surface area contributed by atoms with E-state index in [9.17, 15) is 14.4 Å². The van der Waals surface area contributed by atoms with E-state index in [4.69, 9.17) is 5.73 Å². The van der Waals surface area contributed by atoms with E-state index in [1.165, 1.54) is 0 Å². The average molecular weight is 422 g/mol. The lowest BCUT2D eigenvalue weighted by Gasteiger charge is -2.36. The number of hydrogen-bond acceptors (Lipinski definition) is 3. The Morgan fingerprint density at radius 3 is 1.88 bits per heavy atom. The van der Waals surface area contributed by atoms with E-state index in [0.717, 1.165) is 4.47 Å². The van der Waals surface area contributed by atoms with Crippen LogP contribution in [0.4, 0.5) is 0 Å². The summed E-state index contributed by atoms with van der Waals surface area (Å²) in [7, 11) is 0. The second-order valence-electron chi connectivity index (χ2n) is 7.08. The molecule has 2 aliphatic heterocycles. The molecule has 140 valence electrons. The summed E-state index contributed by atoms with van der Waals surface area (Å²) in [6, 6.07) is 7.34. The van der Waals surface area contributed by atoms with E-state index in [1.807, 2.05) is 34.1 Å². The van der Waals surface area contributed by atoms with Gasteiger partial charge in [-0.05, 0) is 49.9 Å². The number of carbonyl (C=O) groups excluding carboxylic acids is 3. The van der Waals surface area contributed by atoms with Crippen LogP contribution in [0, 0.1) is 11.8 Å². The first-order valence-electron chi connectivity index (χ1n) is 9.08. The summed E-state index contributed by atoms with van der Waals surface area (Å²) >= 11 is 3.37. The predicted octanol–water partition coefficient (Wildman–Crippen LogP) is 2.03. The molecule has 0 aliphatic carbocycles. The number of primary amides is 1. The zero-order chi connectivity index (χ0) is 18.7. The molecule has 0 bridgehead atoms. The van der Waals surface area contributed by atoms with Crippen LogP contribution in [0.1, 0.15) is 36.0 Å². The van der Waals surface area contributed by atoms with Crippen molar-refractivity contribution in [3.05, 3.63) is 34.3 Å². The molecule has 2 aliphatic rings. The van der Waals surface area contributed by atoms with Crippen LogP contribution in [-0.4, -0.2) is 53.7 Å². The highest BCUT2D eigenvalue weighted by atomic mass is 79.9. The Labute approximate surface area is 161 Å². The SMILES string of the molecule is NC(=O)C1CCN(C(=O)C2CCN(C(=O)c3ccc(Br)cc3)CC2)CC1. The molecular weight excluding hydrogens is 398 g/mol. The Morgan fingerprint density at radius 1 is 0.846 bits per heavy atom. The standard InChI is InChI=1S/C19H24BrN3O3/c20-16-3-1-14(2-4-16)18(25)23-11-7-15(8-12-23)19(26)22-9-5-13(6-10-22)17(21)24/h1-4,13,15H,5-12H2,(H2,21,24). The third-order valence-electron chi connectivity index (χ3n) is 5.43. The number of halogens is 1. The van der Waals surface area contributed by atoms with Gasteiger partial charge in [-0.1, -0.05) is 15.9 Å². The highest BCUT2D eigenvalue weighted by Crippen LogP contribution is 2.25. The lowest BCUT2D eigenvalue weighted by Crippen LogP contribution is -2.47. The minimum atomic E-state index is -0.267. The monoisotopic (exact) mass is 421 g/mol. The van der Waals surface area contributed by atoms with Crippen LogP contribution < -0.4 is 5.73 Å². The largest absolute Gasteiger partial charge is 0.369 e. The summed E-state index contributed by atoms with van der Waals surface area (Å²) in [6.07, 6.45) is 2.69. The van der Waals surface area contributed by atoms with Gasteiger partial charge in [0.25, 0.3) is 5.91 Å². The number of benzene rings is 1. The first kappa shape index (κ1) is 18.9. The first-order chi connectivity index (χ1) is 12.5. The van der Waals surface area contributed by atoms with E-state index in [0.29, 0.717) is 57.4 Å². The molecule has 3 rings (SSSR count). The number of carbonyl (C=O) groups is 3.